The van der Waals surface area contributed by atoms with Crippen LogP contribution in [0.5, 0.6) is 0 Å². The molecule has 0 radical (unpaired) electrons. The first-order chi connectivity index (χ1) is 19.1. The van der Waals surface area contributed by atoms with Gasteiger partial charge in [-0.25, -0.2) is 9.00 Å². The molecular weight excluding hydrogens is 565 g/mol. The lowest BCUT2D eigenvalue weighted by Crippen LogP contribution is -2.38. The average Bonchev–Trinajstić information content (AvgIpc) is 3.43. The Labute approximate surface area is 241 Å². The minimum absolute atomic E-state index is 0.00364. The molecule has 9 nitrogen and oxygen atoms in total. The van der Waals surface area contributed by atoms with Crippen LogP contribution in [0.4, 0.5) is 35.4 Å². The first-order valence-electron chi connectivity index (χ1n) is 13.7. The topological polar surface area (TPSA) is 109 Å². The lowest BCUT2D eigenvalue weighted by Gasteiger charge is -2.37. The van der Waals surface area contributed by atoms with E-state index in [0.29, 0.717) is 6.42 Å². The predicted octanol–water partition coefficient (Wildman–Crippen LogP) is 8.50. The molecule has 1 aliphatic heterocycles. The Kier molecular flexibility index (Phi) is 15.9. The molecule has 1 N–H and O–H groups in total. The van der Waals surface area contributed by atoms with Gasteiger partial charge in [-0.05, 0) is 50.3 Å². The van der Waals surface area contributed by atoms with Crippen LogP contribution < -0.4 is 9.62 Å². The third-order valence-electron chi connectivity index (χ3n) is 5.55. The van der Waals surface area contributed by atoms with Gasteiger partial charge in [-0.2, -0.15) is 13.2 Å². The number of unbranched alkanes of at least 4 members (excludes halogenated alkanes) is 2. The molecular formula is C26H41F3N6O3S2. The highest BCUT2D eigenvalue weighted by molar-refractivity contribution is 7.87. The number of halogens is 3. The fraction of sp³-hybridized carbons (Fsp3) is 0.654. The number of esters is 1. The monoisotopic (exact) mass is 606 g/mol. The summed E-state index contributed by atoms with van der Waals surface area (Å²) >= 11 is 0.850. The van der Waals surface area contributed by atoms with Gasteiger partial charge in [0.1, 0.15) is 5.69 Å². The van der Waals surface area contributed by atoms with Gasteiger partial charge in [0.2, 0.25) is 16.0 Å². The zero-order chi connectivity index (χ0) is 30.3. The fourth-order valence-corrected chi connectivity index (χ4v) is 4.77. The number of rotatable bonds is 11. The number of carbonyl (C=O) groups is 1. The van der Waals surface area contributed by atoms with Crippen LogP contribution in [0.1, 0.15) is 95.9 Å². The molecule has 40 heavy (non-hydrogen) atoms. The predicted molar refractivity (Wildman–Crippen MR) is 156 cm³/mol. The van der Waals surface area contributed by atoms with E-state index in [0.717, 1.165) is 61.2 Å². The van der Waals surface area contributed by atoms with Crippen molar-refractivity contribution >= 4 is 50.5 Å². The Balaban J connectivity index is 0.00000191. The number of fused-ring (bicyclic) bond motifs is 1. The van der Waals surface area contributed by atoms with Crippen molar-refractivity contribution in [2.45, 2.75) is 98.5 Å². The maximum atomic E-state index is 13.1. The second kappa shape index (κ2) is 17.9. The lowest BCUT2D eigenvalue weighted by molar-refractivity contribution is -0.0379. The van der Waals surface area contributed by atoms with Crippen molar-refractivity contribution in [1.29, 1.82) is 0 Å². The smallest absolute Gasteiger partial charge is 0.460 e. The fourth-order valence-electron chi connectivity index (χ4n) is 3.73. The molecule has 0 amide bonds. The summed E-state index contributed by atoms with van der Waals surface area (Å²) in [5, 5.41) is 15.6. The number of nitrogens with one attached hydrogen (secondary N) is 1. The Morgan fingerprint density at radius 1 is 1.15 bits per heavy atom. The number of anilines is 2. The van der Waals surface area contributed by atoms with E-state index in [-0.39, 0.29) is 34.2 Å². The van der Waals surface area contributed by atoms with Crippen LogP contribution >= 0.6 is 11.3 Å². The Hall–Kier alpha value is -2.61. The molecule has 1 aliphatic rings. The highest BCUT2D eigenvalue weighted by atomic mass is 32.2. The molecule has 0 spiro atoms. The maximum absolute atomic E-state index is 13.1. The van der Waals surface area contributed by atoms with Crippen LogP contribution in [-0.4, -0.2) is 45.1 Å². The third-order valence-corrected chi connectivity index (χ3v) is 7.17. The van der Waals surface area contributed by atoms with Crippen molar-refractivity contribution in [2.24, 2.45) is 10.2 Å². The van der Waals surface area contributed by atoms with Crippen molar-refractivity contribution < 1.29 is 26.9 Å². The number of alkyl halides is 3. The quantitative estimate of drug-likeness (QED) is 0.156. The molecule has 0 aliphatic carbocycles. The number of aryl methyl sites for hydroxylation is 1. The second-order valence-corrected chi connectivity index (χ2v) is 10.5. The Bertz CT molecular complexity index is 1110. The summed E-state index contributed by atoms with van der Waals surface area (Å²) in [4.78, 5) is 14.1. The number of ether oxygens (including phenoxy) is 1. The standard InChI is InChI=1S/C22H29F3N6O3S2.2C2H6/c1-4-6-7-10-31-14(3)8-9-15-12-16(17(13-18(15)31)30-36(33)22(23,24)25)26-28-21-29-27-19(35-21)20(32)34-11-5-2;2*1-2/h12-14,30H,4-11H2,1-3H3;2*1-2H3. The largest absolute Gasteiger partial charge is 0.490 e. The number of hydrogen-bond acceptors (Lipinski definition) is 9. The molecule has 2 aromatic rings. The van der Waals surface area contributed by atoms with Gasteiger partial charge >= 0.3 is 11.5 Å². The van der Waals surface area contributed by atoms with E-state index in [1.54, 1.807) is 12.1 Å². The zero-order valence-corrected chi connectivity index (χ0v) is 25.9. The van der Waals surface area contributed by atoms with Crippen molar-refractivity contribution in [3.8, 4) is 0 Å². The number of nitrogens with zero attached hydrogens (tertiary/aromatic N) is 5. The molecule has 2 unspecified atom stereocenters. The molecule has 0 saturated carbocycles. The second-order valence-electron chi connectivity index (χ2n) is 8.33. The van der Waals surface area contributed by atoms with Crippen molar-refractivity contribution in [3.63, 3.8) is 0 Å². The van der Waals surface area contributed by atoms with E-state index < -0.39 is 22.5 Å². The first-order valence-corrected chi connectivity index (χ1v) is 15.7. The van der Waals surface area contributed by atoms with E-state index in [4.69, 9.17) is 4.74 Å². The van der Waals surface area contributed by atoms with E-state index in [2.05, 4.69) is 39.2 Å². The normalized spacial score (nSPS) is 15.3. The number of carbonyl (C=O) groups excluding carboxylic acids is 1. The highest BCUT2D eigenvalue weighted by Crippen LogP contribution is 2.40. The first kappa shape index (κ1) is 35.4. The summed E-state index contributed by atoms with van der Waals surface area (Å²) in [5.41, 5.74) is -3.22. The van der Waals surface area contributed by atoms with Gasteiger partial charge in [-0.1, -0.05) is 65.7 Å². The molecule has 14 heteroatoms. The maximum Gasteiger partial charge on any atom is 0.490 e. The molecule has 2 heterocycles. The highest BCUT2D eigenvalue weighted by Gasteiger charge is 2.38. The molecule has 226 valence electrons. The van der Waals surface area contributed by atoms with E-state index in [9.17, 15) is 22.2 Å². The van der Waals surface area contributed by atoms with Crippen LogP contribution in [0.25, 0.3) is 0 Å². The van der Waals surface area contributed by atoms with Gasteiger partial charge in [0.05, 0.1) is 12.3 Å². The van der Waals surface area contributed by atoms with Gasteiger partial charge in [-0.3, -0.25) is 4.72 Å². The van der Waals surface area contributed by atoms with Crippen LogP contribution in [-0.2, 0) is 22.1 Å². The summed E-state index contributed by atoms with van der Waals surface area (Å²) in [6.45, 7) is 15.1. The molecule has 2 atom stereocenters. The molecule has 0 bridgehead atoms. The van der Waals surface area contributed by atoms with Crippen molar-refractivity contribution in [2.75, 3.05) is 22.8 Å². The lowest BCUT2D eigenvalue weighted by atomic mass is 9.95. The van der Waals surface area contributed by atoms with E-state index in [1.165, 1.54) is 0 Å². The van der Waals surface area contributed by atoms with Gasteiger partial charge in [0.15, 0.2) is 0 Å². The number of benzene rings is 1. The number of hydrogen-bond donors (Lipinski definition) is 1. The Morgan fingerprint density at radius 3 is 2.48 bits per heavy atom. The van der Waals surface area contributed by atoms with Crippen LogP contribution in [0.3, 0.4) is 0 Å². The molecule has 1 aromatic heterocycles. The molecule has 0 fully saturated rings. The minimum atomic E-state index is -4.95. The van der Waals surface area contributed by atoms with Crippen LogP contribution in [0, 0.1) is 0 Å². The summed E-state index contributed by atoms with van der Waals surface area (Å²) < 4.78 is 58.2. The Morgan fingerprint density at radius 2 is 1.85 bits per heavy atom. The van der Waals surface area contributed by atoms with Crippen LogP contribution in [0.15, 0.2) is 22.4 Å². The average molecular weight is 607 g/mol. The molecule has 0 saturated heterocycles. The number of azo groups is 1. The molecule has 1 aromatic carbocycles. The van der Waals surface area contributed by atoms with Gasteiger partial charge in [0.25, 0.3) is 5.13 Å². The zero-order valence-electron chi connectivity index (χ0n) is 24.3. The van der Waals surface area contributed by atoms with Gasteiger partial charge < -0.3 is 9.64 Å². The van der Waals surface area contributed by atoms with E-state index in [1.807, 2.05) is 39.3 Å². The van der Waals surface area contributed by atoms with Crippen molar-refractivity contribution in [1.82, 2.24) is 10.2 Å². The summed E-state index contributed by atoms with van der Waals surface area (Å²) in [6.07, 6.45) is 5.31. The van der Waals surface area contributed by atoms with Gasteiger partial charge in [0, 0.05) is 18.3 Å². The third kappa shape index (κ3) is 10.4. The summed E-state index contributed by atoms with van der Waals surface area (Å²) in [6, 6.07) is 3.43. The molecule has 3 rings (SSSR count). The summed E-state index contributed by atoms with van der Waals surface area (Å²) in [7, 11) is -3.34. The van der Waals surface area contributed by atoms with Gasteiger partial charge in [-0.15, -0.1) is 20.4 Å². The SMILES string of the molecule is CC.CC.CCCCCN1c2cc(NS(=O)C(F)(F)F)c(N=Nc3nnc(C(=O)OCCC)s3)cc2CCC1C. The summed E-state index contributed by atoms with van der Waals surface area (Å²) in [5.74, 6) is -0.634. The number of aromatic nitrogens is 2. The van der Waals surface area contributed by atoms with Crippen molar-refractivity contribution in [3.05, 3.63) is 22.7 Å². The van der Waals surface area contributed by atoms with Crippen LogP contribution in [0.2, 0.25) is 0 Å². The minimum Gasteiger partial charge on any atom is -0.460 e. The van der Waals surface area contributed by atoms with E-state index >= 15 is 0 Å².